The van der Waals surface area contributed by atoms with Crippen molar-refractivity contribution in [2.24, 2.45) is 0 Å². The van der Waals surface area contributed by atoms with Gasteiger partial charge in [-0.3, -0.25) is 0 Å². The molecule has 11 aromatic rings. The minimum Gasteiger partial charge on any atom is -0.310 e. The minimum atomic E-state index is 1.09. The van der Waals surface area contributed by atoms with E-state index < -0.39 is 0 Å². The van der Waals surface area contributed by atoms with E-state index in [1.807, 2.05) is 11.3 Å². The Morgan fingerprint density at radius 1 is 0.242 bits per heavy atom. The Morgan fingerprint density at radius 3 is 1.19 bits per heavy atom. The summed E-state index contributed by atoms with van der Waals surface area (Å²) >= 11 is 1.86. The Kier molecular flexibility index (Phi) is 9.82. The lowest BCUT2D eigenvalue weighted by molar-refractivity contribution is 1.29. The molecule has 0 amide bonds. The fraction of sp³-hybridized carbons (Fsp3) is 0. The van der Waals surface area contributed by atoms with Crippen LogP contribution in [-0.4, -0.2) is 0 Å². The minimum absolute atomic E-state index is 1.09. The molecule has 0 N–H and O–H groups in total. The highest BCUT2D eigenvalue weighted by atomic mass is 32.1. The summed E-state index contributed by atoms with van der Waals surface area (Å²) in [4.78, 5) is 2.44. The first-order valence-corrected chi connectivity index (χ1v) is 22.0. The molecule has 0 bridgehead atoms. The third-order valence-electron chi connectivity index (χ3n) is 11.9. The lowest BCUT2D eigenvalue weighted by Gasteiger charge is -2.28. The quantitative estimate of drug-likeness (QED) is 0.140. The SMILES string of the molecule is c1ccc(-c2ccccc2-c2ccccc2-c2ccc(N(c3cc(-c4ccccc4)c(-c4ccccc4)c(-c4ccccc4)c3)c3ccc4c(c3)sc3ccccc34)cc2)cc1. The molecule has 2 heteroatoms. The van der Waals surface area contributed by atoms with Crippen molar-refractivity contribution in [3.63, 3.8) is 0 Å². The summed E-state index contributed by atoms with van der Waals surface area (Å²) in [6.45, 7) is 0. The molecule has 0 aliphatic rings. The second-order valence-electron chi connectivity index (χ2n) is 15.6. The fourth-order valence-electron chi connectivity index (χ4n) is 9.01. The zero-order chi connectivity index (χ0) is 41.2. The van der Waals surface area contributed by atoms with Crippen molar-refractivity contribution in [1.29, 1.82) is 0 Å². The molecule has 0 aliphatic heterocycles. The van der Waals surface area contributed by atoms with E-state index >= 15 is 0 Å². The van der Waals surface area contributed by atoms with Crippen LogP contribution in [0.3, 0.4) is 0 Å². The largest absolute Gasteiger partial charge is 0.310 e. The maximum absolute atomic E-state index is 2.44. The van der Waals surface area contributed by atoms with Gasteiger partial charge in [0.1, 0.15) is 0 Å². The van der Waals surface area contributed by atoms with Crippen LogP contribution < -0.4 is 4.90 Å². The molecule has 11 rings (SSSR count). The van der Waals surface area contributed by atoms with E-state index in [0.717, 1.165) is 17.1 Å². The highest BCUT2D eigenvalue weighted by Crippen LogP contribution is 2.48. The monoisotopic (exact) mass is 807 g/mol. The summed E-state index contributed by atoms with van der Waals surface area (Å²) in [6.07, 6.45) is 0. The van der Waals surface area contributed by atoms with Gasteiger partial charge in [-0.25, -0.2) is 0 Å². The summed E-state index contributed by atoms with van der Waals surface area (Å²) in [5, 5.41) is 2.58. The van der Waals surface area contributed by atoms with Gasteiger partial charge in [-0.1, -0.05) is 206 Å². The van der Waals surface area contributed by atoms with Gasteiger partial charge in [0.15, 0.2) is 0 Å². The first-order valence-electron chi connectivity index (χ1n) is 21.2. The van der Waals surface area contributed by atoms with Crippen LogP contribution in [0.2, 0.25) is 0 Å². The van der Waals surface area contributed by atoms with E-state index in [-0.39, 0.29) is 0 Å². The average Bonchev–Trinajstić information content (AvgIpc) is 3.73. The van der Waals surface area contributed by atoms with E-state index in [9.17, 15) is 0 Å². The Bertz CT molecular complexity index is 3260. The fourth-order valence-corrected chi connectivity index (χ4v) is 10.1. The Morgan fingerprint density at radius 2 is 0.645 bits per heavy atom. The molecule has 0 atom stereocenters. The van der Waals surface area contributed by atoms with Crippen LogP contribution in [0.4, 0.5) is 17.1 Å². The maximum Gasteiger partial charge on any atom is 0.0476 e. The van der Waals surface area contributed by atoms with Crippen molar-refractivity contribution < 1.29 is 0 Å². The maximum atomic E-state index is 2.44. The van der Waals surface area contributed by atoms with Gasteiger partial charge >= 0.3 is 0 Å². The first-order chi connectivity index (χ1) is 30.8. The highest BCUT2D eigenvalue weighted by molar-refractivity contribution is 7.25. The van der Waals surface area contributed by atoms with Crippen LogP contribution in [0.25, 0.3) is 86.9 Å². The number of hydrogen-bond donors (Lipinski definition) is 0. The van der Waals surface area contributed by atoms with Gasteiger partial charge in [0.2, 0.25) is 0 Å². The van der Waals surface area contributed by atoms with Crippen molar-refractivity contribution in [2.75, 3.05) is 4.90 Å². The summed E-state index contributed by atoms with van der Waals surface area (Å²) < 4.78 is 2.57. The van der Waals surface area contributed by atoms with Gasteiger partial charge in [0.25, 0.3) is 0 Å². The van der Waals surface area contributed by atoms with Crippen LogP contribution in [0.15, 0.2) is 249 Å². The van der Waals surface area contributed by atoms with Crippen LogP contribution in [-0.2, 0) is 0 Å². The second kappa shape index (κ2) is 16.3. The van der Waals surface area contributed by atoms with Crippen LogP contribution in [0, 0.1) is 0 Å². The molecule has 1 nitrogen and oxygen atoms in total. The Hall–Kier alpha value is -7.78. The first kappa shape index (κ1) is 37.2. The molecule has 62 heavy (non-hydrogen) atoms. The molecule has 0 spiro atoms. The number of anilines is 3. The van der Waals surface area contributed by atoms with Gasteiger partial charge in [-0.2, -0.15) is 0 Å². The molecule has 10 aromatic carbocycles. The van der Waals surface area contributed by atoms with E-state index in [4.69, 9.17) is 0 Å². The molecule has 0 radical (unpaired) electrons. The molecule has 0 saturated heterocycles. The molecule has 1 heterocycles. The van der Waals surface area contributed by atoms with E-state index in [0.29, 0.717) is 0 Å². The molecule has 292 valence electrons. The number of benzene rings is 10. The van der Waals surface area contributed by atoms with Crippen LogP contribution >= 0.6 is 11.3 Å². The zero-order valence-corrected chi connectivity index (χ0v) is 34.8. The third kappa shape index (κ3) is 6.97. The molecule has 1 aromatic heterocycles. The van der Waals surface area contributed by atoms with Crippen LogP contribution in [0.1, 0.15) is 0 Å². The molecule has 0 aliphatic carbocycles. The van der Waals surface area contributed by atoms with Gasteiger partial charge in [0, 0.05) is 37.2 Å². The lowest BCUT2D eigenvalue weighted by Crippen LogP contribution is -2.11. The van der Waals surface area contributed by atoms with Crippen LogP contribution in [0.5, 0.6) is 0 Å². The Balaban J connectivity index is 1.12. The third-order valence-corrected chi connectivity index (χ3v) is 13.0. The zero-order valence-electron chi connectivity index (χ0n) is 34.0. The smallest absolute Gasteiger partial charge is 0.0476 e. The molecule has 0 unspecified atom stereocenters. The van der Waals surface area contributed by atoms with Gasteiger partial charge in [-0.05, 0) is 109 Å². The number of thiophene rings is 1. The van der Waals surface area contributed by atoms with Gasteiger partial charge < -0.3 is 4.90 Å². The summed E-state index contributed by atoms with van der Waals surface area (Å²) in [6, 6.07) is 90.4. The van der Waals surface area contributed by atoms with Crippen molar-refractivity contribution in [3.8, 4) is 66.8 Å². The number of rotatable bonds is 9. The normalized spacial score (nSPS) is 11.2. The molecular weight excluding hydrogens is 767 g/mol. The number of hydrogen-bond acceptors (Lipinski definition) is 2. The molecule has 0 fully saturated rings. The van der Waals surface area contributed by atoms with Crippen molar-refractivity contribution in [3.05, 3.63) is 249 Å². The Labute approximate surface area is 367 Å². The predicted molar refractivity (Wildman–Crippen MR) is 267 cm³/mol. The molecule has 0 saturated carbocycles. The summed E-state index contributed by atoms with van der Waals surface area (Å²) in [5.41, 5.74) is 17.6. The van der Waals surface area contributed by atoms with Crippen molar-refractivity contribution in [2.45, 2.75) is 0 Å². The topological polar surface area (TPSA) is 3.24 Å². The standard InChI is InChI=1S/C60H41NS/c1-5-19-42(20-6-1)50-27-13-15-29-52(50)53-30-16-14-28-51(53)45-33-35-47(36-34-45)61(48-37-38-55-54-31-17-18-32-58(54)62-59(55)41-48)49-39-56(43-21-7-2-8-22-43)60(46-25-11-4-12-26-46)57(40-49)44-23-9-3-10-24-44/h1-41H. The summed E-state index contributed by atoms with van der Waals surface area (Å²) in [5.74, 6) is 0. The van der Waals surface area contributed by atoms with Gasteiger partial charge in [-0.15, -0.1) is 11.3 Å². The van der Waals surface area contributed by atoms with Crippen molar-refractivity contribution in [1.82, 2.24) is 0 Å². The second-order valence-corrected chi connectivity index (χ2v) is 16.7. The lowest BCUT2D eigenvalue weighted by atomic mass is 9.86. The van der Waals surface area contributed by atoms with Gasteiger partial charge in [0.05, 0.1) is 0 Å². The summed E-state index contributed by atoms with van der Waals surface area (Å²) in [7, 11) is 0. The van der Waals surface area contributed by atoms with Crippen molar-refractivity contribution >= 4 is 48.6 Å². The predicted octanol–water partition coefficient (Wildman–Crippen LogP) is 17.5. The average molecular weight is 808 g/mol. The van der Waals surface area contributed by atoms with E-state index in [2.05, 4.69) is 254 Å². The van der Waals surface area contributed by atoms with E-state index in [1.54, 1.807) is 0 Å². The van der Waals surface area contributed by atoms with E-state index in [1.165, 1.54) is 86.9 Å². The molecular formula is C60H41NS. The number of fused-ring (bicyclic) bond motifs is 3. The highest BCUT2D eigenvalue weighted by Gasteiger charge is 2.22. The number of nitrogens with zero attached hydrogens (tertiary/aromatic N) is 1.